The van der Waals surface area contributed by atoms with E-state index in [9.17, 15) is 61.5 Å². The van der Waals surface area contributed by atoms with E-state index in [2.05, 4.69) is 0 Å². The van der Waals surface area contributed by atoms with Crippen LogP contribution in [0.5, 0.6) is 0 Å². The van der Waals surface area contributed by atoms with Crippen molar-refractivity contribution in [2.45, 2.75) is 57.8 Å². The Morgan fingerprint density at radius 1 is 0.463 bits per heavy atom. The zero-order chi connectivity index (χ0) is 31.4. The predicted octanol–water partition coefficient (Wildman–Crippen LogP) is 8.61. The van der Waals surface area contributed by atoms with Crippen LogP contribution in [0.4, 0.5) is 61.5 Å². The number of hydrogen-bond acceptors (Lipinski definition) is 2. The summed E-state index contributed by atoms with van der Waals surface area (Å²) < 4.78 is 195. The van der Waals surface area contributed by atoms with Gasteiger partial charge < -0.3 is 0 Å². The summed E-state index contributed by atoms with van der Waals surface area (Å²) in [5.41, 5.74) is 0.605. The molecule has 0 aliphatic carbocycles. The van der Waals surface area contributed by atoms with Gasteiger partial charge in [-0.25, -0.2) is 0 Å². The molecular formula is C24H22F14O2Sn. The van der Waals surface area contributed by atoms with Crippen LogP contribution < -0.4 is 0 Å². The molecule has 2 rings (SSSR count). The van der Waals surface area contributed by atoms with Crippen molar-refractivity contribution in [1.82, 2.24) is 0 Å². The van der Waals surface area contributed by atoms with Crippen molar-refractivity contribution in [2.75, 3.05) is 13.2 Å². The van der Waals surface area contributed by atoms with E-state index in [1.165, 1.54) is 60.7 Å². The Bertz CT molecular complexity index is 1000. The molecule has 2 aromatic carbocycles. The van der Waals surface area contributed by atoms with Gasteiger partial charge >= 0.3 is 230 Å². The average molecular weight is 727 g/mol. The first-order valence-electron chi connectivity index (χ1n) is 11.6. The van der Waals surface area contributed by atoms with Gasteiger partial charge in [0.05, 0.1) is 0 Å². The third-order valence-corrected chi connectivity index (χ3v) is 15.6. The molecule has 2 aromatic rings. The molecule has 2 nitrogen and oxygen atoms in total. The van der Waals surface area contributed by atoms with Gasteiger partial charge in [0.15, 0.2) is 0 Å². The van der Waals surface area contributed by atoms with Crippen molar-refractivity contribution >= 4 is 19.2 Å². The van der Waals surface area contributed by atoms with Crippen LogP contribution in [-0.4, -0.2) is 68.5 Å². The van der Waals surface area contributed by atoms with Crippen molar-refractivity contribution in [3.05, 3.63) is 71.8 Å². The van der Waals surface area contributed by atoms with Crippen molar-refractivity contribution in [3.63, 3.8) is 0 Å². The topological polar surface area (TPSA) is 18.5 Å². The van der Waals surface area contributed by atoms with Crippen molar-refractivity contribution in [2.24, 2.45) is 0 Å². The van der Waals surface area contributed by atoms with Crippen molar-refractivity contribution < 1.29 is 67.6 Å². The third kappa shape index (κ3) is 8.61. The molecule has 41 heavy (non-hydrogen) atoms. The van der Waals surface area contributed by atoms with E-state index in [4.69, 9.17) is 6.15 Å². The molecule has 0 aliphatic heterocycles. The monoisotopic (exact) mass is 728 g/mol. The fourth-order valence-electron chi connectivity index (χ4n) is 3.62. The second kappa shape index (κ2) is 12.8. The summed E-state index contributed by atoms with van der Waals surface area (Å²) in [4.78, 5) is 0. The molecule has 17 heteroatoms. The maximum absolute atomic E-state index is 14.6. The standard InChI is InChI=1S/2C8H9O.2C4H2F7.Sn/c2*9-7-6-8-4-2-1-3-5-8;2*1-2(5,6)3(7,8)4(9,10)11;/h2*1-5H,6-7H2;2*1H2;/q2*-1;;;+2. The Hall–Kier alpha value is -1.82. The number of benzene rings is 2. The second-order valence-electron chi connectivity index (χ2n) is 8.99. The average Bonchev–Trinajstić information content (AvgIpc) is 2.83. The number of alkyl halides is 14. The van der Waals surface area contributed by atoms with Gasteiger partial charge in [0.25, 0.3) is 0 Å². The first-order valence-corrected chi connectivity index (χ1v) is 17.9. The number of hydrogen-bond donors (Lipinski definition) is 0. The molecule has 0 amide bonds. The Labute approximate surface area is 229 Å². The Balaban J connectivity index is 2.57. The quantitative estimate of drug-likeness (QED) is 0.144. The van der Waals surface area contributed by atoms with Crippen molar-refractivity contribution in [3.8, 4) is 0 Å². The minimum absolute atomic E-state index is 0.303. The zero-order valence-electron chi connectivity index (χ0n) is 20.6. The van der Waals surface area contributed by atoms with Gasteiger partial charge in [0, 0.05) is 0 Å². The molecule has 0 fully saturated rings. The van der Waals surface area contributed by atoms with Crippen LogP contribution in [0.1, 0.15) is 11.1 Å². The van der Waals surface area contributed by atoms with Gasteiger partial charge in [-0.05, 0) is 0 Å². The molecule has 0 N–H and O–H groups in total. The zero-order valence-corrected chi connectivity index (χ0v) is 23.5. The molecule has 0 aliphatic rings. The summed E-state index contributed by atoms with van der Waals surface area (Å²) in [6.45, 7) is -1.99. The molecule has 0 radical (unpaired) electrons. The van der Waals surface area contributed by atoms with Crippen molar-refractivity contribution in [1.29, 1.82) is 0 Å². The van der Waals surface area contributed by atoms with Crippen LogP contribution >= 0.6 is 0 Å². The van der Waals surface area contributed by atoms with Crippen LogP contribution in [0, 0.1) is 0 Å². The summed E-state index contributed by atoms with van der Waals surface area (Å²) in [5, 5.41) is 0. The van der Waals surface area contributed by atoms with Gasteiger partial charge in [0.2, 0.25) is 0 Å². The van der Waals surface area contributed by atoms with Gasteiger partial charge in [-0.1, -0.05) is 0 Å². The van der Waals surface area contributed by atoms with E-state index >= 15 is 0 Å². The summed E-state index contributed by atoms with van der Waals surface area (Å²) in [6.07, 6.45) is -14.7. The van der Waals surface area contributed by atoms with Gasteiger partial charge in [-0.15, -0.1) is 0 Å². The molecule has 0 spiro atoms. The molecule has 0 saturated heterocycles. The molecule has 232 valence electrons. The van der Waals surface area contributed by atoms with Crippen LogP contribution in [0.3, 0.4) is 0 Å². The number of rotatable bonds is 14. The SMILES string of the molecule is FC(F)(F)C(F)(F)C(F)(F)[CH2][Sn]([CH2]C(F)(F)C(F)(F)C(F)(F)F)([O]CCc1ccccc1)[O]CCc1ccccc1. The normalized spacial score (nSPS) is 14.4. The second-order valence-corrected chi connectivity index (χ2v) is 17.8. The van der Waals surface area contributed by atoms with E-state index in [0.29, 0.717) is 11.1 Å². The molecule has 0 heterocycles. The Morgan fingerprint density at radius 2 is 0.756 bits per heavy atom. The van der Waals surface area contributed by atoms with Crippen LogP contribution in [0.25, 0.3) is 0 Å². The molecule has 0 atom stereocenters. The maximum atomic E-state index is 14.6. The molecule has 0 saturated carbocycles. The predicted molar refractivity (Wildman–Crippen MR) is 119 cm³/mol. The van der Waals surface area contributed by atoms with E-state index in [-0.39, 0.29) is 12.8 Å². The number of halogens is 14. The van der Waals surface area contributed by atoms with E-state index in [1.807, 2.05) is 0 Å². The molecule has 0 unspecified atom stereocenters. The Morgan fingerprint density at radius 3 is 1.02 bits per heavy atom. The van der Waals surface area contributed by atoms with E-state index in [0.717, 1.165) is 0 Å². The van der Waals surface area contributed by atoms with Gasteiger partial charge in [-0.3, -0.25) is 0 Å². The summed E-state index contributed by atoms with van der Waals surface area (Å²) in [6, 6.07) is 14.3. The third-order valence-electron chi connectivity index (χ3n) is 5.81. The summed E-state index contributed by atoms with van der Waals surface area (Å²) in [7, 11) is 0. The summed E-state index contributed by atoms with van der Waals surface area (Å²) in [5.74, 6) is -26.3. The van der Waals surface area contributed by atoms with Gasteiger partial charge in [-0.2, -0.15) is 0 Å². The first-order chi connectivity index (χ1) is 18.6. The fourth-order valence-corrected chi connectivity index (χ4v) is 13.2. The molecular weight excluding hydrogens is 705 g/mol. The minimum atomic E-state index is -7.25. The van der Waals surface area contributed by atoms with Gasteiger partial charge in [0.1, 0.15) is 0 Å². The first kappa shape index (κ1) is 35.4. The van der Waals surface area contributed by atoms with E-state index < -0.39 is 77.3 Å². The van der Waals surface area contributed by atoms with Crippen LogP contribution in [-0.2, 0) is 19.0 Å². The molecule has 0 aromatic heterocycles. The fraction of sp³-hybridized carbons (Fsp3) is 0.500. The Kier molecular flexibility index (Phi) is 11.1. The molecule has 0 bridgehead atoms. The van der Waals surface area contributed by atoms with Crippen LogP contribution in [0.15, 0.2) is 60.7 Å². The van der Waals surface area contributed by atoms with E-state index in [1.54, 1.807) is 0 Å². The van der Waals surface area contributed by atoms with Crippen LogP contribution in [0.2, 0.25) is 8.87 Å². The summed E-state index contributed by atoms with van der Waals surface area (Å²) >= 11 is -7.25.